The number of hydrogen-bond donors (Lipinski definition) is 0. The highest BCUT2D eigenvalue weighted by atomic mass is 16.6. The zero-order chi connectivity index (χ0) is 21.9. The van der Waals surface area contributed by atoms with Crippen molar-refractivity contribution in [2.75, 3.05) is 23.5 Å². The summed E-state index contributed by atoms with van der Waals surface area (Å²) in [6.07, 6.45) is -0.146. The first kappa shape index (κ1) is 21.4. The number of hydrogen-bond acceptors (Lipinski definition) is 5. The maximum Gasteiger partial charge on any atom is 0.415 e. The number of esters is 1. The second-order valence-corrected chi connectivity index (χ2v) is 8.02. The third-order valence-electron chi connectivity index (χ3n) is 4.71. The Labute approximate surface area is 176 Å². The second-order valence-electron chi connectivity index (χ2n) is 8.02. The van der Waals surface area contributed by atoms with E-state index >= 15 is 0 Å². The van der Waals surface area contributed by atoms with Crippen molar-refractivity contribution in [2.45, 2.75) is 38.8 Å². The maximum absolute atomic E-state index is 13.2. The molecule has 1 heterocycles. The fourth-order valence-electron chi connectivity index (χ4n) is 3.37. The van der Waals surface area contributed by atoms with Crippen LogP contribution in [0.4, 0.5) is 16.2 Å². The number of benzene rings is 2. The van der Waals surface area contributed by atoms with Crippen molar-refractivity contribution in [1.82, 2.24) is 0 Å². The second kappa shape index (κ2) is 8.57. The Morgan fingerprint density at radius 3 is 2.23 bits per heavy atom. The van der Waals surface area contributed by atoms with E-state index < -0.39 is 23.7 Å². The number of para-hydroxylation sites is 1. The average Bonchev–Trinajstić information content (AvgIpc) is 3.08. The van der Waals surface area contributed by atoms with E-state index in [1.807, 2.05) is 30.3 Å². The number of anilines is 2. The van der Waals surface area contributed by atoms with Crippen molar-refractivity contribution >= 4 is 29.3 Å². The third-order valence-corrected chi connectivity index (χ3v) is 4.71. The molecule has 1 unspecified atom stereocenters. The van der Waals surface area contributed by atoms with Crippen molar-refractivity contribution in [2.24, 2.45) is 0 Å². The summed E-state index contributed by atoms with van der Waals surface area (Å²) in [6, 6.07) is 15.0. The van der Waals surface area contributed by atoms with Gasteiger partial charge in [0.1, 0.15) is 11.6 Å². The van der Waals surface area contributed by atoms with Crippen LogP contribution in [0.15, 0.2) is 54.6 Å². The lowest BCUT2D eigenvalue weighted by Crippen LogP contribution is -2.47. The molecule has 1 aliphatic heterocycles. The molecule has 1 saturated heterocycles. The van der Waals surface area contributed by atoms with Gasteiger partial charge >= 0.3 is 12.1 Å². The topological polar surface area (TPSA) is 76.2 Å². The van der Waals surface area contributed by atoms with Crippen molar-refractivity contribution in [3.63, 3.8) is 0 Å². The lowest BCUT2D eigenvalue weighted by atomic mass is 10.1. The molecule has 2 aromatic rings. The predicted molar refractivity (Wildman–Crippen MR) is 114 cm³/mol. The Hall–Kier alpha value is -3.35. The number of amides is 2. The fraction of sp³-hybridized carbons (Fsp3) is 0.348. The number of nitrogens with zero attached hydrogens (tertiary/aromatic N) is 2. The van der Waals surface area contributed by atoms with E-state index in [-0.39, 0.29) is 5.91 Å². The molecular formula is C23H26N2O5. The van der Waals surface area contributed by atoms with Crippen LogP contribution in [0.3, 0.4) is 0 Å². The van der Waals surface area contributed by atoms with Crippen LogP contribution in [0, 0.1) is 0 Å². The van der Waals surface area contributed by atoms with E-state index in [4.69, 9.17) is 9.47 Å². The molecule has 158 valence electrons. The van der Waals surface area contributed by atoms with Gasteiger partial charge in [-0.3, -0.25) is 9.69 Å². The van der Waals surface area contributed by atoms with Gasteiger partial charge in [0.05, 0.1) is 12.7 Å². The molecule has 2 aromatic carbocycles. The minimum Gasteiger partial charge on any atom is -0.465 e. The molecule has 1 fully saturated rings. The zero-order valence-electron chi connectivity index (χ0n) is 17.6. The predicted octanol–water partition coefficient (Wildman–Crippen LogP) is 4.02. The summed E-state index contributed by atoms with van der Waals surface area (Å²) in [5.41, 5.74) is 0.900. The Morgan fingerprint density at radius 1 is 1.03 bits per heavy atom. The zero-order valence-corrected chi connectivity index (χ0v) is 17.6. The van der Waals surface area contributed by atoms with Gasteiger partial charge in [0.25, 0.3) is 0 Å². The molecule has 30 heavy (non-hydrogen) atoms. The lowest BCUT2D eigenvalue weighted by molar-refractivity contribution is -0.118. The van der Waals surface area contributed by atoms with Gasteiger partial charge < -0.3 is 14.4 Å². The quantitative estimate of drug-likeness (QED) is 0.712. The molecule has 0 radical (unpaired) electrons. The minimum absolute atomic E-state index is 0.177. The van der Waals surface area contributed by atoms with Crippen molar-refractivity contribution in [1.29, 1.82) is 0 Å². The molecule has 3 rings (SSSR count). The Balaban J connectivity index is 1.93. The van der Waals surface area contributed by atoms with Gasteiger partial charge in [-0.05, 0) is 63.6 Å². The number of carbonyl (C=O) groups is 3. The Kier molecular flexibility index (Phi) is 6.10. The summed E-state index contributed by atoms with van der Waals surface area (Å²) < 4.78 is 10.3. The SMILES string of the molecule is COC(=O)c1ccc(N(C(=O)OC(C)(C)C)C2CCN(c3ccccc3)C2=O)cc1. The lowest BCUT2D eigenvalue weighted by Gasteiger charge is -2.31. The summed E-state index contributed by atoms with van der Waals surface area (Å²) in [7, 11) is 1.30. The van der Waals surface area contributed by atoms with Crippen LogP contribution < -0.4 is 9.80 Å². The van der Waals surface area contributed by atoms with Gasteiger partial charge in [-0.15, -0.1) is 0 Å². The summed E-state index contributed by atoms with van der Waals surface area (Å²) in [5, 5.41) is 0. The molecule has 7 heteroatoms. The van der Waals surface area contributed by atoms with Gasteiger partial charge in [0.15, 0.2) is 0 Å². The first-order chi connectivity index (χ1) is 14.2. The molecule has 0 saturated carbocycles. The highest BCUT2D eigenvalue weighted by Gasteiger charge is 2.41. The van der Waals surface area contributed by atoms with E-state index in [2.05, 4.69) is 0 Å². The summed E-state index contributed by atoms with van der Waals surface area (Å²) in [6.45, 7) is 5.82. The number of ether oxygens (including phenoxy) is 2. The molecule has 0 bridgehead atoms. The first-order valence-electron chi connectivity index (χ1n) is 9.78. The average molecular weight is 410 g/mol. The molecular weight excluding hydrogens is 384 g/mol. The van der Waals surface area contributed by atoms with E-state index in [0.29, 0.717) is 24.2 Å². The van der Waals surface area contributed by atoms with E-state index in [1.54, 1.807) is 49.9 Å². The largest absolute Gasteiger partial charge is 0.465 e. The minimum atomic E-state index is -0.720. The Morgan fingerprint density at radius 2 is 1.67 bits per heavy atom. The van der Waals surface area contributed by atoms with E-state index in [1.165, 1.54) is 12.0 Å². The van der Waals surface area contributed by atoms with Gasteiger partial charge in [0, 0.05) is 17.9 Å². The van der Waals surface area contributed by atoms with Crippen molar-refractivity contribution in [3.8, 4) is 0 Å². The van der Waals surface area contributed by atoms with Gasteiger partial charge in [-0.25, -0.2) is 9.59 Å². The van der Waals surface area contributed by atoms with E-state index in [0.717, 1.165) is 5.69 Å². The summed E-state index contributed by atoms with van der Waals surface area (Å²) in [5.74, 6) is -0.651. The third kappa shape index (κ3) is 4.62. The summed E-state index contributed by atoms with van der Waals surface area (Å²) >= 11 is 0. The number of carbonyl (C=O) groups excluding carboxylic acids is 3. The number of methoxy groups -OCH3 is 1. The Bertz CT molecular complexity index is 919. The van der Waals surface area contributed by atoms with E-state index in [9.17, 15) is 14.4 Å². The molecule has 0 aliphatic carbocycles. The van der Waals surface area contributed by atoms with Crippen LogP contribution in [0.1, 0.15) is 37.6 Å². The summed E-state index contributed by atoms with van der Waals surface area (Å²) in [4.78, 5) is 41.0. The smallest absolute Gasteiger partial charge is 0.415 e. The van der Waals surface area contributed by atoms with Crippen LogP contribution in [0.5, 0.6) is 0 Å². The number of rotatable bonds is 4. The van der Waals surface area contributed by atoms with Crippen LogP contribution in [-0.2, 0) is 14.3 Å². The first-order valence-corrected chi connectivity index (χ1v) is 9.78. The fourth-order valence-corrected chi connectivity index (χ4v) is 3.37. The molecule has 0 aromatic heterocycles. The standard InChI is InChI=1S/C23H26N2O5/c1-23(2,3)30-22(28)25(18-12-10-16(11-13-18)21(27)29-4)19-14-15-24(20(19)26)17-8-6-5-7-9-17/h5-13,19H,14-15H2,1-4H3. The van der Waals surface area contributed by atoms with Gasteiger partial charge in [-0.2, -0.15) is 0 Å². The van der Waals surface area contributed by atoms with Crippen molar-refractivity contribution < 1.29 is 23.9 Å². The highest BCUT2D eigenvalue weighted by molar-refractivity contribution is 6.06. The van der Waals surface area contributed by atoms with Gasteiger partial charge in [-0.1, -0.05) is 18.2 Å². The maximum atomic E-state index is 13.2. The molecule has 1 atom stereocenters. The van der Waals surface area contributed by atoms with Crippen LogP contribution >= 0.6 is 0 Å². The molecule has 1 aliphatic rings. The van der Waals surface area contributed by atoms with Crippen LogP contribution in [0.25, 0.3) is 0 Å². The van der Waals surface area contributed by atoms with Crippen LogP contribution in [0.2, 0.25) is 0 Å². The molecule has 7 nitrogen and oxygen atoms in total. The van der Waals surface area contributed by atoms with Crippen molar-refractivity contribution in [3.05, 3.63) is 60.2 Å². The molecule has 2 amide bonds. The van der Waals surface area contributed by atoms with Crippen LogP contribution in [-0.4, -0.2) is 43.3 Å². The molecule has 0 spiro atoms. The normalized spacial score (nSPS) is 16.3. The highest BCUT2D eigenvalue weighted by Crippen LogP contribution is 2.29. The molecule has 0 N–H and O–H groups in total. The monoisotopic (exact) mass is 410 g/mol. The van der Waals surface area contributed by atoms with Gasteiger partial charge in [0.2, 0.25) is 5.91 Å².